The number of ether oxygens (including phenoxy) is 5. The molecule has 2 aliphatic rings. The number of amides is 1. The first-order valence-electron chi connectivity index (χ1n) is 22.9. The third kappa shape index (κ3) is 14.2. The smallest absolute Gasteiger partial charge is 0.257 e. The fourth-order valence-electron chi connectivity index (χ4n) is 7.91. The maximum absolute atomic E-state index is 13.1. The zero-order valence-corrected chi connectivity index (χ0v) is 39.4. The van der Waals surface area contributed by atoms with Gasteiger partial charge in [-0.15, -0.1) is 0 Å². The maximum atomic E-state index is 13.1. The van der Waals surface area contributed by atoms with E-state index >= 15 is 0 Å². The highest BCUT2D eigenvalue weighted by atomic mass is 16.6. The number of allylic oxidation sites excluding steroid dienone is 4. The lowest BCUT2D eigenvalue weighted by atomic mass is 9.98. The Kier molecular flexibility index (Phi) is 21.0. The Morgan fingerprint density at radius 3 is 2.02 bits per heavy atom. The van der Waals surface area contributed by atoms with Gasteiger partial charge in [-0.3, -0.25) is 14.8 Å². The van der Waals surface area contributed by atoms with Gasteiger partial charge >= 0.3 is 0 Å². The number of aliphatic hydroxyl groups is 2. The number of carbonyl (C=O) groups excluding carboxylic acids is 1. The third-order valence-electron chi connectivity index (χ3n) is 11.5. The van der Waals surface area contributed by atoms with E-state index < -0.39 is 0 Å². The van der Waals surface area contributed by atoms with Crippen LogP contribution in [-0.2, 0) is 25.4 Å². The molecule has 0 saturated carbocycles. The van der Waals surface area contributed by atoms with Crippen LogP contribution in [0.4, 0.5) is 0 Å². The summed E-state index contributed by atoms with van der Waals surface area (Å²) in [6.07, 6.45) is 8.33. The van der Waals surface area contributed by atoms with E-state index in [1.807, 2.05) is 21.0 Å². The second-order valence-corrected chi connectivity index (χ2v) is 15.9. The van der Waals surface area contributed by atoms with Crippen molar-refractivity contribution in [3.63, 3.8) is 0 Å². The van der Waals surface area contributed by atoms with Gasteiger partial charge in [0.05, 0.1) is 84.8 Å². The van der Waals surface area contributed by atoms with E-state index in [-0.39, 0.29) is 45.0 Å². The number of methoxy groups -OCH3 is 1. The van der Waals surface area contributed by atoms with Crippen molar-refractivity contribution < 1.29 is 38.7 Å². The number of aryl methyl sites for hydroxylation is 2. The monoisotopic (exact) mass is 899 g/mol. The van der Waals surface area contributed by atoms with E-state index in [4.69, 9.17) is 43.6 Å². The molecule has 65 heavy (non-hydrogen) atoms. The number of fused-ring (bicyclic) bond motifs is 7. The maximum Gasteiger partial charge on any atom is 0.257 e. The zero-order chi connectivity index (χ0) is 46.6. The summed E-state index contributed by atoms with van der Waals surface area (Å²) in [5.41, 5.74) is 12.3. The van der Waals surface area contributed by atoms with Crippen LogP contribution in [0.5, 0.6) is 11.5 Å². The topological polar surface area (TPSA) is 207 Å². The first-order chi connectivity index (χ1) is 31.7. The number of aromatic nitrogens is 5. The number of aliphatic hydroxyl groups excluding tert-OH is 2. The van der Waals surface area contributed by atoms with Crippen LogP contribution in [0.2, 0.25) is 0 Å². The number of rotatable bonds is 27. The molecule has 1 aromatic carbocycles. The van der Waals surface area contributed by atoms with Crippen LogP contribution in [0.1, 0.15) is 93.2 Å². The molecule has 6 N–H and O–H groups in total. The second-order valence-electron chi connectivity index (χ2n) is 15.9. The van der Waals surface area contributed by atoms with Crippen LogP contribution in [-0.4, -0.2) is 141 Å². The first kappa shape index (κ1) is 50.9. The Morgan fingerprint density at radius 1 is 0.738 bits per heavy atom. The molecule has 2 aliphatic heterocycles. The molecular weight excluding hydrogens is 829 g/mol. The van der Waals surface area contributed by atoms with Crippen molar-refractivity contribution in [2.75, 3.05) is 93.8 Å². The molecule has 3 aromatic rings. The molecule has 0 saturated heterocycles. The van der Waals surface area contributed by atoms with Crippen LogP contribution in [0, 0.1) is 6.92 Å². The fraction of sp³-hybridized carbons (Fsp3) is 0.531. The highest BCUT2D eigenvalue weighted by molar-refractivity contribution is 5.95. The summed E-state index contributed by atoms with van der Waals surface area (Å²) in [7, 11) is 5.42. The van der Waals surface area contributed by atoms with E-state index in [0.717, 1.165) is 76.2 Å². The normalized spacial score (nSPS) is 13.1. The van der Waals surface area contributed by atoms with Gasteiger partial charge in [-0.05, 0) is 118 Å². The van der Waals surface area contributed by atoms with E-state index in [9.17, 15) is 15.0 Å². The molecule has 354 valence electrons. The minimum Gasteiger partial charge on any atom is -0.487 e. The van der Waals surface area contributed by atoms with Gasteiger partial charge in [0, 0.05) is 57.1 Å². The SMILES string of the molecule is CCC1=C(CC)c2cc3[nH]c(cnc4cc(OCC(=O)NCCC(CNC)NC)c(OCCOCCOCCOC)cc4ncc4nc(cc1n2)C(CCCO)=C4C)c(C)c3CCCO. The van der Waals surface area contributed by atoms with Gasteiger partial charge in [0.2, 0.25) is 0 Å². The summed E-state index contributed by atoms with van der Waals surface area (Å²) < 4.78 is 28.8. The molecule has 1 atom stereocenters. The molecule has 0 radical (unpaired) electrons. The predicted molar refractivity (Wildman–Crippen MR) is 256 cm³/mol. The lowest BCUT2D eigenvalue weighted by Crippen LogP contribution is -2.39. The standard InChI is InChI=1S/C49H70N8O8/c1-8-35-36(9-2)40-25-42-38(13-11-17-59)33(4)46(57-42)30-54-44-27-48(65-31-49(60)52-15-14-34(51-6)28-50-5)47(64-23-22-63-21-20-62-19-18-61-7)26-43(44)53-29-45-32(3)37(12-10-16-58)41(56-45)24-39(35)55-40/h24-27,29-30,34,50-51,57-59H,8-23,28,31H2,1-7H3,(H,52,60). The summed E-state index contributed by atoms with van der Waals surface area (Å²) >= 11 is 0. The summed E-state index contributed by atoms with van der Waals surface area (Å²) in [6, 6.07) is 7.88. The second kappa shape index (κ2) is 26.8. The molecule has 16 heteroatoms. The van der Waals surface area contributed by atoms with Crippen molar-refractivity contribution in [3.8, 4) is 11.5 Å². The Labute approximate surface area is 383 Å². The van der Waals surface area contributed by atoms with Crippen molar-refractivity contribution in [1.29, 1.82) is 0 Å². The van der Waals surface area contributed by atoms with E-state index in [1.165, 1.54) is 11.1 Å². The Balaban J connectivity index is 1.67. The van der Waals surface area contributed by atoms with Gasteiger partial charge in [0.15, 0.2) is 18.1 Å². The fourth-order valence-corrected chi connectivity index (χ4v) is 7.91. The van der Waals surface area contributed by atoms with Crippen molar-refractivity contribution in [2.45, 2.75) is 78.7 Å². The number of nitrogens with one attached hydrogen (secondary N) is 4. The lowest BCUT2D eigenvalue weighted by Gasteiger charge is -2.16. The number of hydrogen-bond donors (Lipinski definition) is 6. The average molecular weight is 899 g/mol. The summed E-state index contributed by atoms with van der Waals surface area (Å²) in [4.78, 5) is 37.1. The Bertz CT molecular complexity index is 2310. The van der Waals surface area contributed by atoms with Crippen LogP contribution in [0.15, 0.2) is 36.7 Å². The molecule has 1 amide bonds. The molecule has 2 aromatic heterocycles. The Hall–Kier alpha value is -5.07. The molecule has 0 spiro atoms. The van der Waals surface area contributed by atoms with Gasteiger partial charge in [0.1, 0.15) is 6.61 Å². The highest BCUT2D eigenvalue weighted by Gasteiger charge is 2.22. The molecule has 1 unspecified atom stereocenters. The van der Waals surface area contributed by atoms with Crippen LogP contribution < -0.4 is 25.4 Å². The van der Waals surface area contributed by atoms with Crippen LogP contribution in [0.25, 0.3) is 44.4 Å². The van der Waals surface area contributed by atoms with Crippen LogP contribution >= 0.6 is 0 Å². The van der Waals surface area contributed by atoms with Gasteiger partial charge in [-0.1, -0.05) is 13.8 Å². The number of carbonyl (C=O) groups is 1. The van der Waals surface area contributed by atoms with E-state index in [2.05, 4.69) is 53.8 Å². The van der Waals surface area contributed by atoms with E-state index in [0.29, 0.717) is 86.9 Å². The molecule has 16 nitrogen and oxygen atoms in total. The highest BCUT2D eigenvalue weighted by Crippen LogP contribution is 2.38. The molecule has 5 rings (SSSR count). The van der Waals surface area contributed by atoms with Crippen molar-refractivity contribution in [2.24, 2.45) is 0 Å². The largest absolute Gasteiger partial charge is 0.487 e. The van der Waals surface area contributed by atoms with Gasteiger partial charge in [-0.25, -0.2) is 9.97 Å². The number of H-pyrrole nitrogens is 1. The van der Waals surface area contributed by atoms with E-state index in [1.54, 1.807) is 31.6 Å². The van der Waals surface area contributed by atoms with Crippen LogP contribution in [0.3, 0.4) is 0 Å². The molecular formula is C49H70N8O8. The minimum atomic E-state index is -0.274. The van der Waals surface area contributed by atoms with Gasteiger partial charge < -0.3 is 54.8 Å². The third-order valence-corrected chi connectivity index (χ3v) is 11.5. The quantitative estimate of drug-likeness (QED) is 0.0504. The molecule has 6 bridgehead atoms. The summed E-state index contributed by atoms with van der Waals surface area (Å²) in [5.74, 6) is 0.398. The Morgan fingerprint density at radius 2 is 1.35 bits per heavy atom. The first-order valence-corrected chi connectivity index (χ1v) is 22.9. The lowest BCUT2D eigenvalue weighted by molar-refractivity contribution is -0.123. The van der Waals surface area contributed by atoms with Crippen molar-refractivity contribution in [3.05, 3.63) is 70.6 Å². The number of hydrogen-bond acceptors (Lipinski definition) is 14. The number of nitrogens with zero attached hydrogens (tertiary/aromatic N) is 4. The van der Waals surface area contributed by atoms with Crippen molar-refractivity contribution >= 4 is 50.3 Å². The summed E-state index contributed by atoms with van der Waals surface area (Å²) in [6.45, 7) is 11.8. The molecule has 4 heterocycles. The minimum absolute atomic E-state index is 0.0540. The molecule has 0 aliphatic carbocycles. The zero-order valence-electron chi connectivity index (χ0n) is 39.4. The number of likely N-dealkylation sites (N-methyl/N-ethyl adjacent to an activating group) is 2. The summed E-state index contributed by atoms with van der Waals surface area (Å²) in [5, 5.41) is 29.1. The number of benzene rings is 1. The number of aromatic amines is 1. The average Bonchev–Trinajstić information content (AvgIpc) is 3.91. The molecule has 0 fully saturated rings. The predicted octanol–water partition coefficient (Wildman–Crippen LogP) is 5.76. The van der Waals surface area contributed by atoms with Gasteiger partial charge in [-0.2, -0.15) is 0 Å². The van der Waals surface area contributed by atoms with Gasteiger partial charge in [0.25, 0.3) is 5.91 Å². The van der Waals surface area contributed by atoms with Crippen molar-refractivity contribution in [1.82, 2.24) is 40.9 Å².